The van der Waals surface area contributed by atoms with E-state index in [-0.39, 0.29) is 18.9 Å². The molecule has 158 valence electrons. The van der Waals surface area contributed by atoms with Crippen molar-refractivity contribution < 1.29 is 14.4 Å². The topological polar surface area (TPSA) is 120 Å². The molecule has 2 aromatic rings. The molecular formula is C21H26N6O3. The van der Waals surface area contributed by atoms with Crippen molar-refractivity contribution in [3.8, 4) is 0 Å². The van der Waals surface area contributed by atoms with Gasteiger partial charge in [0.15, 0.2) is 0 Å². The Morgan fingerprint density at radius 3 is 2.70 bits per heavy atom. The van der Waals surface area contributed by atoms with Crippen LogP contribution in [0.5, 0.6) is 0 Å². The maximum absolute atomic E-state index is 12.5. The summed E-state index contributed by atoms with van der Waals surface area (Å²) in [5.74, 6) is 0.863. The fourth-order valence-corrected chi connectivity index (χ4v) is 4.09. The molecule has 0 spiro atoms. The average molecular weight is 410 g/mol. The number of nitrogens with zero attached hydrogens (tertiary/aromatic N) is 3. The van der Waals surface area contributed by atoms with E-state index >= 15 is 0 Å². The van der Waals surface area contributed by atoms with Crippen LogP contribution in [0.2, 0.25) is 0 Å². The van der Waals surface area contributed by atoms with Crippen LogP contribution < -0.4 is 10.6 Å². The van der Waals surface area contributed by atoms with Crippen molar-refractivity contribution in [2.75, 3.05) is 5.32 Å². The van der Waals surface area contributed by atoms with Crippen molar-refractivity contribution in [1.29, 1.82) is 0 Å². The van der Waals surface area contributed by atoms with Gasteiger partial charge in [0.1, 0.15) is 11.9 Å². The summed E-state index contributed by atoms with van der Waals surface area (Å²) in [4.78, 5) is 42.5. The predicted octanol–water partition coefficient (Wildman–Crippen LogP) is 2.38. The number of carbonyl (C=O) groups excluding carboxylic acids is 3. The number of nitrogens with one attached hydrogen (secondary N) is 3. The number of urea groups is 1. The lowest BCUT2D eigenvalue weighted by molar-refractivity contribution is -0.130. The van der Waals surface area contributed by atoms with Crippen molar-refractivity contribution >= 4 is 23.8 Å². The van der Waals surface area contributed by atoms with Crippen molar-refractivity contribution in [2.24, 2.45) is 5.92 Å². The van der Waals surface area contributed by atoms with Gasteiger partial charge in [-0.1, -0.05) is 56.0 Å². The number of imide groups is 1. The number of anilines is 1. The van der Waals surface area contributed by atoms with E-state index in [1.807, 2.05) is 30.3 Å². The van der Waals surface area contributed by atoms with Crippen molar-refractivity contribution in [3.05, 3.63) is 41.7 Å². The van der Waals surface area contributed by atoms with E-state index in [4.69, 9.17) is 0 Å². The summed E-state index contributed by atoms with van der Waals surface area (Å²) < 4.78 is 0. The van der Waals surface area contributed by atoms with E-state index < -0.39 is 23.9 Å². The van der Waals surface area contributed by atoms with Gasteiger partial charge in [0.05, 0.1) is 13.0 Å². The first-order valence-corrected chi connectivity index (χ1v) is 10.5. The van der Waals surface area contributed by atoms with Crippen LogP contribution in [0.1, 0.15) is 49.9 Å². The second kappa shape index (κ2) is 9.06. The van der Waals surface area contributed by atoms with E-state index in [2.05, 4.69) is 25.8 Å². The third-order valence-corrected chi connectivity index (χ3v) is 5.73. The van der Waals surface area contributed by atoms with Gasteiger partial charge in [0.25, 0.3) is 5.91 Å². The summed E-state index contributed by atoms with van der Waals surface area (Å²) in [5, 5.41) is 12.1. The highest BCUT2D eigenvalue weighted by molar-refractivity contribution is 6.06. The summed E-state index contributed by atoms with van der Waals surface area (Å²) >= 11 is 0. The first-order chi connectivity index (χ1) is 14.6. The number of hydrogen-bond donors (Lipinski definition) is 3. The molecule has 1 aromatic carbocycles. The van der Waals surface area contributed by atoms with Crippen LogP contribution in [-0.2, 0) is 22.6 Å². The minimum absolute atomic E-state index is 0.165. The number of amides is 4. The first-order valence-electron chi connectivity index (χ1n) is 10.5. The smallest absolute Gasteiger partial charge is 0.325 e. The molecule has 2 aliphatic rings. The molecule has 1 aromatic heterocycles. The number of rotatable bonds is 8. The molecule has 3 N–H and O–H groups in total. The SMILES string of the molecule is O=C(C[C@@H]1NC(=O)N(Cc2ccccc2)C1=O)Nc1n[nH]c(CCC2CCCC2)n1. The minimum Gasteiger partial charge on any atom is -0.325 e. The maximum Gasteiger partial charge on any atom is 0.325 e. The van der Waals surface area contributed by atoms with Gasteiger partial charge in [0, 0.05) is 6.42 Å². The molecule has 9 nitrogen and oxygen atoms in total. The molecule has 1 saturated carbocycles. The molecule has 1 aliphatic heterocycles. The normalized spacial score (nSPS) is 19.3. The lowest BCUT2D eigenvalue weighted by Gasteiger charge is -2.12. The number of benzene rings is 1. The number of aryl methyl sites for hydroxylation is 1. The number of hydrogen-bond acceptors (Lipinski definition) is 5. The zero-order valence-electron chi connectivity index (χ0n) is 16.8. The Balaban J connectivity index is 1.26. The molecule has 1 saturated heterocycles. The number of aromatic nitrogens is 3. The zero-order chi connectivity index (χ0) is 20.9. The Morgan fingerprint density at radius 1 is 1.17 bits per heavy atom. The first kappa shape index (κ1) is 20.1. The summed E-state index contributed by atoms with van der Waals surface area (Å²) in [6, 6.07) is 7.86. The van der Waals surface area contributed by atoms with Crippen LogP contribution in [0, 0.1) is 5.92 Å². The Kier molecular flexibility index (Phi) is 6.06. The Hall–Kier alpha value is -3.23. The monoisotopic (exact) mass is 410 g/mol. The Labute approximate surface area is 174 Å². The summed E-state index contributed by atoms with van der Waals surface area (Å²) in [5.41, 5.74) is 0.844. The molecule has 0 unspecified atom stereocenters. The van der Waals surface area contributed by atoms with Gasteiger partial charge in [-0.05, 0) is 17.9 Å². The zero-order valence-corrected chi connectivity index (χ0v) is 16.8. The largest absolute Gasteiger partial charge is 0.325 e. The molecule has 30 heavy (non-hydrogen) atoms. The fraction of sp³-hybridized carbons (Fsp3) is 0.476. The van der Waals surface area contributed by atoms with Crippen LogP contribution in [0.4, 0.5) is 10.7 Å². The van der Waals surface area contributed by atoms with Gasteiger partial charge in [-0.25, -0.2) is 4.79 Å². The molecule has 0 bridgehead atoms. The third-order valence-electron chi connectivity index (χ3n) is 5.73. The second-order valence-electron chi connectivity index (χ2n) is 7.96. The summed E-state index contributed by atoms with van der Waals surface area (Å²) in [7, 11) is 0. The maximum atomic E-state index is 12.5. The van der Waals surface area contributed by atoms with Gasteiger partial charge in [-0.15, -0.1) is 5.10 Å². The Bertz CT molecular complexity index is 906. The molecule has 2 heterocycles. The number of carbonyl (C=O) groups is 3. The van der Waals surface area contributed by atoms with E-state index in [1.54, 1.807) is 0 Å². The molecule has 9 heteroatoms. The van der Waals surface area contributed by atoms with Crippen LogP contribution in [0.25, 0.3) is 0 Å². The second-order valence-corrected chi connectivity index (χ2v) is 7.96. The van der Waals surface area contributed by atoms with Gasteiger partial charge >= 0.3 is 6.03 Å². The number of H-pyrrole nitrogens is 1. The summed E-state index contributed by atoms with van der Waals surface area (Å²) in [6.07, 6.45) is 6.88. The minimum atomic E-state index is -0.887. The van der Waals surface area contributed by atoms with Gasteiger partial charge < -0.3 is 5.32 Å². The Morgan fingerprint density at radius 2 is 1.93 bits per heavy atom. The number of aromatic amines is 1. The van der Waals surface area contributed by atoms with E-state index in [9.17, 15) is 14.4 Å². The quantitative estimate of drug-likeness (QED) is 0.577. The van der Waals surface area contributed by atoms with Crippen LogP contribution in [0.3, 0.4) is 0 Å². The fourth-order valence-electron chi connectivity index (χ4n) is 4.09. The highest BCUT2D eigenvalue weighted by Gasteiger charge is 2.39. The van der Waals surface area contributed by atoms with Crippen LogP contribution in [-0.4, -0.2) is 44.0 Å². The van der Waals surface area contributed by atoms with Crippen LogP contribution >= 0.6 is 0 Å². The lowest BCUT2D eigenvalue weighted by Crippen LogP contribution is -2.34. The van der Waals surface area contributed by atoms with Gasteiger partial charge in [0.2, 0.25) is 11.9 Å². The average Bonchev–Trinajstić information content (AvgIpc) is 3.46. The van der Waals surface area contributed by atoms with E-state index in [1.165, 1.54) is 25.7 Å². The predicted molar refractivity (Wildman–Crippen MR) is 109 cm³/mol. The molecule has 1 aliphatic carbocycles. The molecule has 1 atom stereocenters. The third kappa shape index (κ3) is 4.84. The molecule has 2 fully saturated rings. The molecule has 0 radical (unpaired) electrons. The van der Waals surface area contributed by atoms with E-state index in [0.717, 1.165) is 35.0 Å². The molecular weight excluding hydrogens is 384 g/mol. The van der Waals surface area contributed by atoms with Gasteiger partial charge in [-0.3, -0.25) is 24.9 Å². The molecule has 4 rings (SSSR count). The summed E-state index contributed by atoms with van der Waals surface area (Å²) in [6.45, 7) is 0.175. The van der Waals surface area contributed by atoms with Crippen molar-refractivity contribution in [3.63, 3.8) is 0 Å². The van der Waals surface area contributed by atoms with Crippen molar-refractivity contribution in [2.45, 2.75) is 57.5 Å². The van der Waals surface area contributed by atoms with E-state index in [0.29, 0.717) is 0 Å². The molecule has 4 amide bonds. The van der Waals surface area contributed by atoms with Crippen molar-refractivity contribution in [1.82, 2.24) is 25.4 Å². The standard InChI is InChI=1S/C21H26N6O3/c28-18(24-20-23-17(25-26-20)11-10-14-6-4-5-7-14)12-16-19(29)27(21(30)22-16)13-15-8-2-1-3-9-15/h1-3,8-9,14,16H,4-7,10-13H2,(H,22,30)(H2,23,24,25,26,28)/t16-/m0/s1. The highest BCUT2D eigenvalue weighted by Crippen LogP contribution is 2.28. The highest BCUT2D eigenvalue weighted by atomic mass is 16.2. The lowest BCUT2D eigenvalue weighted by atomic mass is 10.0. The van der Waals surface area contributed by atoms with Gasteiger partial charge in [-0.2, -0.15) is 4.98 Å². The van der Waals surface area contributed by atoms with Crippen LogP contribution in [0.15, 0.2) is 30.3 Å².